The lowest BCUT2D eigenvalue weighted by atomic mass is 10.1. The summed E-state index contributed by atoms with van der Waals surface area (Å²) in [5.74, 6) is 0.951. The molecule has 0 bridgehead atoms. The van der Waals surface area contributed by atoms with Crippen molar-refractivity contribution in [2.24, 2.45) is 0 Å². The van der Waals surface area contributed by atoms with Crippen molar-refractivity contribution in [2.45, 2.75) is 26.0 Å². The number of benzene rings is 1. The fraction of sp³-hybridized carbons (Fsp3) is 0.389. The minimum atomic E-state index is 0.0777. The molecule has 4 heteroatoms. The van der Waals surface area contributed by atoms with Crippen molar-refractivity contribution in [3.63, 3.8) is 0 Å². The van der Waals surface area contributed by atoms with Crippen LogP contribution in [-0.2, 0) is 19.6 Å². The van der Waals surface area contributed by atoms with Crippen LogP contribution in [0, 0.1) is 0 Å². The van der Waals surface area contributed by atoms with E-state index in [1.54, 1.807) is 0 Å². The van der Waals surface area contributed by atoms with Gasteiger partial charge in [-0.2, -0.15) is 0 Å². The first-order valence-corrected chi connectivity index (χ1v) is 7.82. The molecule has 116 valence electrons. The molecule has 0 atom stereocenters. The average molecular weight is 298 g/mol. The number of hydrogen-bond acceptors (Lipinski definition) is 4. The molecule has 0 fully saturated rings. The van der Waals surface area contributed by atoms with Crippen LogP contribution >= 0.6 is 0 Å². The van der Waals surface area contributed by atoms with Crippen molar-refractivity contribution >= 4 is 0 Å². The molecule has 0 radical (unpaired) electrons. The number of aliphatic hydroxyl groups excluding tert-OH is 1. The van der Waals surface area contributed by atoms with E-state index in [9.17, 15) is 5.11 Å². The van der Waals surface area contributed by atoms with E-state index in [-0.39, 0.29) is 6.61 Å². The quantitative estimate of drug-likeness (QED) is 0.921. The van der Waals surface area contributed by atoms with Crippen LogP contribution in [0.3, 0.4) is 0 Å². The Morgan fingerprint density at radius 3 is 3.00 bits per heavy atom. The fourth-order valence-electron chi connectivity index (χ4n) is 2.84. The van der Waals surface area contributed by atoms with Crippen molar-refractivity contribution in [2.75, 3.05) is 19.7 Å². The molecule has 2 aromatic rings. The van der Waals surface area contributed by atoms with Crippen LogP contribution < -0.4 is 4.74 Å². The number of aryl methyl sites for hydroxylation is 1. The summed E-state index contributed by atoms with van der Waals surface area (Å²) in [5.41, 5.74) is 3.40. The van der Waals surface area contributed by atoms with E-state index in [1.165, 1.54) is 11.1 Å². The first kappa shape index (κ1) is 15.0. The van der Waals surface area contributed by atoms with E-state index in [1.807, 2.05) is 30.6 Å². The second kappa shape index (κ2) is 7.38. The highest BCUT2D eigenvalue weighted by Gasteiger charge is 2.15. The highest BCUT2D eigenvalue weighted by Crippen LogP contribution is 2.24. The van der Waals surface area contributed by atoms with Gasteiger partial charge < -0.3 is 9.84 Å². The Morgan fingerprint density at radius 2 is 2.18 bits per heavy atom. The Morgan fingerprint density at radius 1 is 1.23 bits per heavy atom. The van der Waals surface area contributed by atoms with Gasteiger partial charge in [0.25, 0.3) is 0 Å². The molecular weight excluding hydrogens is 276 g/mol. The van der Waals surface area contributed by atoms with Gasteiger partial charge in [-0.15, -0.1) is 0 Å². The van der Waals surface area contributed by atoms with E-state index in [0.29, 0.717) is 0 Å². The fourth-order valence-corrected chi connectivity index (χ4v) is 2.84. The summed E-state index contributed by atoms with van der Waals surface area (Å²) >= 11 is 0. The monoisotopic (exact) mass is 298 g/mol. The minimum Gasteiger partial charge on any atom is -0.492 e. The molecule has 0 aliphatic carbocycles. The predicted octanol–water partition coefficient (Wildman–Crippen LogP) is 2.40. The number of nitrogens with zero attached hydrogens (tertiary/aromatic N) is 2. The van der Waals surface area contributed by atoms with Crippen molar-refractivity contribution in [3.8, 4) is 5.75 Å². The molecule has 3 rings (SSSR count). The number of aromatic nitrogens is 1. The van der Waals surface area contributed by atoms with Crippen molar-refractivity contribution < 1.29 is 9.84 Å². The van der Waals surface area contributed by atoms with E-state index < -0.39 is 0 Å². The standard InChI is InChI=1S/C18H22N2O2/c21-14-16-5-6-18-17(11-16)13-20(9-10-22-18)8-2-4-15-3-1-7-19-12-15/h1,3,5-7,11-12,21H,2,4,8-10,13-14H2. The maximum absolute atomic E-state index is 9.28. The van der Waals surface area contributed by atoms with Crippen molar-refractivity contribution in [1.82, 2.24) is 9.88 Å². The zero-order chi connectivity index (χ0) is 15.2. The number of fused-ring (bicyclic) bond motifs is 1. The van der Waals surface area contributed by atoms with Gasteiger partial charge in [-0.3, -0.25) is 9.88 Å². The molecule has 22 heavy (non-hydrogen) atoms. The Kier molecular flexibility index (Phi) is 5.03. The van der Waals surface area contributed by atoms with Gasteiger partial charge in [0.2, 0.25) is 0 Å². The lowest BCUT2D eigenvalue weighted by molar-refractivity contribution is 0.224. The Labute approximate surface area is 131 Å². The molecule has 1 aromatic carbocycles. The van der Waals surface area contributed by atoms with Gasteiger partial charge in [0, 0.05) is 31.0 Å². The third-order valence-electron chi connectivity index (χ3n) is 4.03. The summed E-state index contributed by atoms with van der Waals surface area (Å²) in [6, 6.07) is 10.1. The molecule has 1 N–H and O–H groups in total. The largest absolute Gasteiger partial charge is 0.492 e. The number of ether oxygens (including phenoxy) is 1. The highest BCUT2D eigenvalue weighted by molar-refractivity contribution is 5.37. The van der Waals surface area contributed by atoms with Crippen LogP contribution in [0.4, 0.5) is 0 Å². The van der Waals surface area contributed by atoms with Gasteiger partial charge in [0.15, 0.2) is 0 Å². The Hall–Kier alpha value is -1.91. The van der Waals surface area contributed by atoms with Crippen LogP contribution in [-0.4, -0.2) is 34.7 Å². The molecular formula is C18H22N2O2. The molecule has 0 saturated carbocycles. The number of hydrogen-bond donors (Lipinski definition) is 1. The summed E-state index contributed by atoms with van der Waals surface area (Å²) in [4.78, 5) is 6.58. The van der Waals surface area contributed by atoms with Gasteiger partial charge in [-0.25, -0.2) is 0 Å². The van der Waals surface area contributed by atoms with E-state index in [4.69, 9.17) is 4.74 Å². The lowest BCUT2D eigenvalue weighted by Crippen LogP contribution is -2.27. The Balaban J connectivity index is 1.58. The second-order valence-corrected chi connectivity index (χ2v) is 5.69. The highest BCUT2D eigenvalue weighted by atomic mass is 16.5. The molecule has 4 nitrogen and oxygen atoms in total. The molecule has 0 spiro atoms. The van der Waals surface area contributed by atoms with E-state index >= 15 is 0 Å². The number of aliphatic hydroxyl groups is 1. The summed E-state index contributed by atoms with van der Waals surface area (Å²) in [6.07, 6.45) is 5.91. The molecule has 2 heterocycles. The average Bonchev–Trinajstić information content (AvgIpc) is 2.77. The topological polar surface area (TPSA) is 45.6 Å². The van der Waals surface area contributed by atoms with Crippen LogP contribution in [0.5, 0.6) is 5.75 Å². The minimum absolute atomic E-state index is 0.0777. The van der Waals surface area contributed by atoms with Gasteiger partial charge in [-0.05, 0) is 48.7 Å². The first-order chi connectivity index (χ1) is 10.8. The van der Waals surface area contributed by atoms with Gasteiger partial charge >= 0.3 is 0 Å². The molecule has 1 aromatic heterocycles. The molecule has 0 unspecified atom stereocenters. The van der Waals surface area contributed by atoms with E-state index in [0.717, 1.165) is 50.4 Å². The van der Waals surface area contributed by atoms with Gasteiger partial charge in [0.1, 0.15) is 12.4 Å². The van der Waals surface area contributed by atoms with Crippen LogP contribution in [0.25, 0.3) is 0 Å². The summed E-state index contributed by atoms with van der Waals surface area (Å²) in [5, 5.41) is 9.28. The third-order valence-corrected chi connectivity index (χ3v) is 4.03. The van der Waals surface area contributed by atoms with Crippen LogP contribution in [0.1, 0.15) is 23.1 Å². The maximum Gasteiger partial charge on any atom is 0.123 e. The lowest BCUT2D eigenvalue weighted by Gasteiger charge is -2.19. The first-order valence-electron chi connectivity index (χ1n) is 7.82. The smallest absolute Gasteiger partial charge is 0.123 e. The predicted molar refractivity (Wildman–Crippen MR) is 85.7 cm³/mol. The van der Waals surface area contributed by atoms with Crippen LogP contribution in [0.15, 0.2) is 42.7 Å². The van der Waals surface area contributed by atoms with Gasteiger partial charge in [-0.1, -0.05) is 12.1 Å². The van der Waals surface area contributed by atoms with Crippen LogP contribution in [0.2, 0.25) is 0 Å². The molecule has 0 saturated heterocycles. The zero-order valence-electron chi connectivity index (χ0n) is 12.7. The second-order valence-electron chi connectivity index (χ2n) is 5.69. The maximum atomic E-state index is 9.28. The van der Waals surface area contributed by atoms with Crippen molar-refractivity contribution in [3.05, 3.63) is 59.4 Å². The number of rotatable bonds is 5. The summed E-state index contributed by atoms with van der Waals surface area (Å²) in [6.45, 7) is 3.67. The van der Waals surface area contributed by atoms with Gasteiger partial charge in [0.05, 0.1) is 6.61 Å². The molecule has 0 amide bonds. The summed E-state index contributed by atoms with van der Waals surface area (Å²) in [7, 11) is 0. The molecule has 1 aliphatic heterocycles. The number of pyridine rings is 1. The normalized spacial score (nSPS) is 15.0. The SMILES string of the molecule is OCc1ccc2c(c1)CN(CCCc1cccnc1)CCO2. The Bertz CT molecular complexity index is 601. The van der Waals surface area contributed by atoms with Crippen molar-refractivity contribution in [1.29, 1.82) is 0 Å². The third kappa shape index (κ3) is 3.84. The molecule has 1 aliphatic rings. The van der Waals surface area contributed by atoms with E-state index in [2.05, 4.69) is 22.0 Å². The summed E-state index contributed by atoms with van der Waals surface area (Å²) < 4.78 is 5.81. The zero-order valence-corrected chi connectivity index (χ0v) is 12.7.